The van der Waals surface area contributed by atoms with Gasteiger partial charge >= 0.3 is 5.97 Å². The fourth-order valence-electron chi connectivity index (χ4n) is 2.51. The molecule has 0 saturated heterocycles. The van der Waals surface area contributed by atoms with Crippen LogP contribution in [0.25, 0.3) is 6.08 Å². The molecule has 128 valence electrons. The molecule has 0 bridgehead atoms. The second kappa shape index (κ2) is 6.99. The smallest absolute Gasteiger partial charge is 0.343 e. The molecule has 25 heavy (non-hydrogen) atoms. The van der Waals surface area contributed by atoms with Gasteiger partial charge < -0.3 is 14.2 Å². The van der Waals surface area contributed by atoms with E-state index in [0.29, 0.717) is 27.6 Å². The van der Waals surface area contributed by atoms with Gasteiger partial charge in [0, 0.05) is 11.1 Å². The molecule has 6 heteroatoms. The van der Waals surface area contributed by atoms with Gasteiger partial charge in [-0.25, -0.2) is 4.79 Å². The first-order valence-corrected chi connectivity index (χ1v) is 7.90. The van der Waals surface area contributed by atoms with E-state index in [9.17, 15) is 9.59 Å². The van der Waals surface area contributed by atoms with Crippen molar-refractivity contribution in [1.29, 1.82) is 0 Å². The molecular formula is C19H15ClO5. The summed E-state index contributed by atoms with van der Waals surface area (Å²) in [6.07, 6.45) is 1.64. The van der Waals surface area contributed by atoms with E-state index in [1.807, 2.05) is 6.07 Å². The molecule has 0 radical (unpaired) electrons. The highest BCUT2D eigenvalue weighted by Crippen LogP contribution is 2.37. The number of hydrogen-bond donors (Lipinski definition) is 0. The Balaban J connectivity index is 1.88. The summed E-state index contributed by atoms with van der Waals surface area (Å²) in [6, 6.07) is 10.4. The van der Waals surface area contributed by atoms with Gasteiger partial charge in [0.2, 0.25) is 5.78 Å². The van der Waals surface area contributed by atoms with Gasteiger partial charge in [-0.2, -0.15) is 0 Å². The standard InChI is InChI=1S/C19H15ClO5/c1-11-6-14(24-10-17(21)23-2)9-15-18(11)19(22)16(25-15)8-12-4-3-5-13(20)7-12/h3-9H,10H2,1-2H3/b16-8-. The van der Waals surface area contributed by atoms with Crippen LogP contribution in [0.2, 0.25) is 5.02 Å². The number of halogens is 1. The van der Waals surface area contributed by atoms with Crippen LogP contribution in [0.15, 0.2) is 42.2 Å². The highest BCUT2D eigenvalue weighted by atomic mass is 35.5. The average molecular weight is 359 g/mol. The molecule has 0 saturated carbocycles. The Kier molecular flexibility index (Phi) is 4.76. The summed E-state index contributed by atoms with van der Waals surface area (Å²) >= 11 is 5.96. The van der Waals surface area contributed by atoms with Crippen molar-refractivity contribution >= 4 is 29.4 Å². The summed E-state index contributed by atoms with van der Waals surface area (Å²) < 4.78 is 15.6. The van der Waals surface area contributed by atoms with Crippen molar-refractivity contribution in [1.82, 2.24) is 0 Å². The van der Waals surface area contributed by atoms with Gasteiger partial charge in [0.25, 0.3) is 0 Å². The van der Waals surface area contributed by atoms with Crippen molar-refractivity contribution in [2.45, 2.75) is 6.92 Å². The van der Waals surface area contributed by atoms with E-state index in [-0.39, 0.29) is 18.1 Å². The molecule has 3 rings (SSSR count). The van der Waals surface area contributed by atoms with Crippen LogP contribution < -0.4 is 9.47 Å². The monoisotopic (exact) mass is 358 g/mol. The van der Waals surface area contributed by atoms with Crippen LogP contribution in [0.5, 0.6) is 11.5 Å². The highest BCUT2D eigenvalue weighted by Gasteiger charge is 2.30. The molecule has 1 aliphatic rings. The van der Waals surface area contributed by atoms with E-state index >= 15 is 0 Å². The SMILES string of the molecule is COC(=O)COc1cc(C)c2c(c1)O/C(=C\c1cccc(Cl)c1)C2=O. The van der Waals surface area contributed by atoms with Crippen molar-refractivity contribution in [3.05, 3.63) is 63.9 Å². The predicted octanol–water partition coefficient (Wildman–Crippen LogP) is 3.82. The lowest BCUT2D eigenvalue weighted by atomic mass is 10.0. The number of methoxy groups -OCH3 is 1. The molecule has 1 heterocycles. The Morgan fingerprint density at radius 3 is 2.80 bits per heavy atom. The number of rotatable bonds is 4. The van der Waals surface area contributed by atoms with E-state index < -0.39 is 5.97 Å². The van der Waals surface area contributed by atoms with Gasteiger partial charge in [0.05, 0.1) is 12.7 Å². The minimum Gasteiger partial charge on any atom is -0.482 e. The zero-order valence-electron chi connectivity index (χ0n) is 13.7. The normalized spacial score (nSPS) is 14.2. The zero-order valence-corrected chi connectivity index (χ0v) is 14.4. The first-order chi connectivity index (χ1) is 12.0. The molecule has 0 aromatic heterocycles. The second-order valence-electron chi connectivity index (χ2n) is 5.47. The molecule has 1 aliphatic heterocycles. The van der Waals surface area contributed by atoms with Crippen LogP contribution in [0.1, 0.15) is 21.5 Å². The fourth-order valence-corrected chi connectivity index (χ4v) is 2.71. The first kappa shape index (κ1) is 17.0. The highest BCUT2D eigenvalue weighted by molar-refractivity contribution is 6.30. The molecule has 2 aromatic carbocycles. The molecule has 0 amide bonds. The number of esters is 1. The summed E-state index contributed by atoms with van der Waals surface area (Å²) in [5, 5.41) is 0.576. The number of allylic oxidation sites excluding steroid dienone is 1. The Labute approximate surface area is 149 Å². The number of benzene rings is 2. The van der Waals surface area contributed by atoms with Gasteiger partial charge in [-0.1, -0.05) is 23.7 Å². The minimum atomic E-state index is -0.489. The van der Waals surface area contributed by atoms with Crippen LogP contribution in [0.3, 0.4) is 0 Å². The van der Waals surface area contributed by atoms with E-state index in [2.05, 4.69) is 4.74 Å². The fraction of sp³-hybridized carbons (Fsp3) is 0.158. The van der Waals surface area contributed by atoms with Crippen molar-refractivity contribution in [2.24, 2.45) is 0 Å². The summed E-state index contributed by atoms with van der Waals surface area (Å²) in [7, 11) is 1.29. The van der Waals surface area contributed by atoms with Gasteiger partial charge in [-0.3, -0.25) is 4.79 Å². The van der Waals surface area contributed by atoms with Crippen LogP contribution >= 0.6 is 11.6 Å². The lowest BCUT2D eigenvalue weighted by Gasteiger charge is -2.08. The van der Waals surface area contributed by atoms with Gasteiger partial charge in [-0.05, 0) is 42.3 Å². The molecule has 0 unspecified atom stereocenters. The molecule has 0 aliphatic carbocycles. The second-order valence-corrected chi connectivity index (χ2v) is 5.91. The number of aryl methyl sites for hydroxylation is 1. The summed E-state index contributed by atoms with van der Waals surface area (Å²) in [4.78, 5) is 23.8. The Morgan fingerprint density at radius 2 is 2.08 bits per heavy atom. The van der Waals surface area contributed by atoms with Crippen molar-refractivity contribution < 1.29 is 23.8 Å². The lowest BCUT2D eigenvalue weighted by molar-refractivity contribution is -0.142. The average Bonchev–Trinajstić information content (AvgIpc) is 2.89. The van der Waals surface area contributed by atoms with Crippen molar-refractivity contribution in [3.63, 3.8) is 0 Å². The largest absolute Gasteiger partial charge is 0.482 e. The van der Waals surface area contributed by atoms with Crippen molar-refractivity contribution in [3.8, 4) is 11.5 Å². The lowest BCUT2D eigenvalue weighted by Crippen LogP contribution is -2.12. The Morgan fingerprint density at radius 1 is 1.28 bits per heavy atom. The number of hydrogen-bond acceptors (Lipinski definition) is 5. The van der Waals surface area contributed by atoms with Crippen LogP contribution in [-0.4, -0.2) is 25.5 Å². The molecule has 0 N–H and O–H groups in total. The number of carbonyl (C=O) groups is 2. The van der Waals surface area contributed by atoms with Crippen LogP contribution in [0.4, 0.5) is 0 Å². The quantitative estimate of drug-likeness (QED) is 0.614. The van der Waals surface area contributed by atoms with Crippen LogP contribution in [0, 0.1) is 6.92 Å². The van der Waals surface area contributed by atoms with Gasteiger partial charge in [0.1, 0.15) is 11.5 Å². The van der Waals surface area contributed by atoms with E-state index in [1.165, 1.54) is 7.11 Å². The molecule has 0 atom stereocenters. The van der Waals surface area contributed by atoms with Gasteiger partial charge in [0.15, 0.2) is 12.4 Å². The number of Topliss-reactive ketones (excluding diaryl/α,β-unsaturated/α-hetero) is 1. The topological polar surface area (TPSA) is 61.8 Å². The first-order valence-electron chi connectivity index (χ1n) is 7.52. The minimum absolute atomic E-state index is 0.202. The number of ether oxygens (including phenoxy) is 3. The maximum Gasteiger partial charge on any atom is 0.343 e. The molecule has 0 fully saturated rings. The molecule has 5 nitrogen and oxygen atoms in total. The molecule has 0 spiro atoms. The van der Waals surface area contributed by atoms with E-state index in [1.54, 1.807) is 43.3 Å². The van der Waals surface area contributed by atoms with Crippen molar-refractivity contribution in [2.75, 3.05) is 13.7 Å². The third-order valence-corrected chi connectivity index (χ3v) is 3.91. The van der Waals surface area contributed by atoms with Gasteiger partial charge in [-0.15, -0.1) is 0 Å². The Hall–Kier alpha value is -2.79. The summed E-state index contributed by atoms with van der Waals surface area (Å²) in [5.41, 5.74) is 1.96. The number of carbonyl (C=O) groups excluding carboxylic acids is 2. The number of ketones is 1. The van der Waals surface area contributed by atoms with E-state index in [4.69, 9.17) is 21.1 Å². The molecule has 2 aromatic rings. The number of fused-ring (bicyclic) bond motifs is 1. The maximum atomic E-state index is 12.6. The summed E-state index contributed by atoms with van der Waals surface area (Å²) in [6.45, 7) is 1.57. The molecular weight excluding hydrogens is 344 g/mol. The van der Waals surface area contributed by atoms with E-state index in [0.717, 1.165) is 5.56 Å². The predicted molar refractivity (Wildman–Crippen MR) is 93.1 cm³/mol. The third-order valence-electron chi connectivity index (χ3n) is 3.67. The third kappa shape index (κ3) is 3.67. The Bertz CT molecular complexity index is 885. The van der Waals surface area contributed by atoms with Crippen LogP contribution in [-0.2, 0) is 9.53 Å². The zero-order chi connectivity index (χ0) is 18.0. The maximum absolute atomic E-state index is 12.6. The summed E-state index contributed by atoms with van der Waals surface area (Å²) in [5.74, 6) is 0.353.